The summed E-state index contributed by atoms with van der Waals surface area (Å²) in [6.07, 6.45) is 0. The fraction of sp³-hybridized carbons (Fsp3) is 0. The molecule has 4 N–H and O–H groups in total. The van der Waals surface area contributed by atoms with Crippen molar-refractivity contribution in [3.05, 3.63) is 71.8 Å². The summed E-state index contributed by atoms with van der Waals surface area (Å²) in [5.74, 6) is -1.13. The number of rotatable bonds is 4. The lowest BCUT2D eigenvalue weighted by Gasteiger charge is -2.09. The van der Waals surface area contributed by atoms with Gasteiger partial charge >= 0.3 is 0 Å². The number of benzene rings is 2. The van der Waals surface area contributed by atoms with E-state index in [1.54, 1.807) is 36.4 Å². The maximum absolute atomic E-state index is 12.8. The van der Waals surface area contributed by atoms with E-state index in [-0.39, 0.29) is 11.4 Å². The van der Waals surface area contributed by atoms with Crippen molar-refractivity contribution in [2.75, 3.05) is 10.6 Å². The normalized spacial score (nSPS) is 11.1. The molecule has 0 aliphatic heterocycles. The Balaban J connectivity index is 2.16. The second kappa shape index (κ2) is 6.90. The fourth-order valence-corrected chi connectivity index (χ4v) is 1.70. The Bertz CT molecular complexity index is 733. The van der Waals surface area contributed by atoms with Gasteiger partial charge in [-0.25, -0.2) is 4.39 Å². The SMILES string of the molecule is N#C/C(C(=O)Nc1ccccc1)=C(\N)Nc1ccc(F)cc1. The minimum Gasteiger partial charge on any atom is -0.384 e. The van der Waals surface area contributed by atoms with Crippen LogP contribution in [0.15, 0.2) is 66.0 Å². The molecule has 0 aliphatic carbocycles. The first-order valence-corrected chi connectivity index (χ1v) is 6.39. The van der Waals surface area contributed by atoms with Crippen molar-refractivity contribution in [3.8, 4) is 6.07 Å². The quantitative estimate of drug-likeness (QED) is 0.597. The number of anilines is 2. The van der Waals surface area contributed by atoms with Gasteiger partial charge in [0.2, 0.25) is 0 Å². The van der Waals surface area contributed by atoms with Gasteiger partial charge in [0, 0.05) is 11.4 Å². The van der Waals surface area contributed by atoms with Crippen LogP contribution >= 0.6 is 0 Å². The summed E-state index contributed by atoms with van der Waals surface area (Å²) < 4.78 is 12.8. The Hall–Kier alpha value is -3.33. The van der Waals surface area contributed by atoms with E-state index < -0.39 is 11.7 Å². The number of para-hydroxylation sites is 1. The first kappa shape index (κ1) is 15.1. The van der Waals surface area contributed by atoms with E-state index >= 15 is 0 Å². The third-order valence-corrected chi connectivity index (χ3v) is 2.76. The molecule has 0 bridgehead atoms. The van der Waals surface area contributed by atoms with Crippen molar-refractivity contribution in [1.82, 2.24) is 0 Å². The monoisotopic (exact) mass is 296 g/mol. The van der Waals surface area contributed by atoms with Crippen molar-refractivity contribution < 1.29 is 9.18 Å². The third-order valence-electron chi connectivity index (χ3n) is 2.76. The molecule has 2 aromatic rings. The van der Waals surface area contributed by atoms with Crippen LogP contribution < -0.4 is 16.4 Å². The van der Waals surface area contributed by atoms with E-state index in [2.05, 4.69) is 10.6 Å². The van der Waals surface area contributed by atoms with Gasteiger partial charge in [-0.3, -0.25) is 4.79 Å². The Morgan fingerprint density at radius 3 is 2.18 bits per heavy atom. The minimum absolute atomic E-state index is 0.109. The van der Waals surface area contributed by atoms with Gasteiger partial charge in [-0.15, -0.1) is 0 Å². The summed E-state index contributed by atoms with van der Waals surface area (Å²) in [5, 5.41) is 14.4. The zero-order valence-corrected chi connectivity index (χ0v) is 11.5. The first-order chi connectivity index (χ1) is 10.6. The molecule has 2 aromatic carbocycles. The predicted octanol–water partition coefficient (Wildman–Crippen LogP) is 2.57. The van der Waals surface area contributed by atoms with Gasteiger partial charge in [0.05, 0.1) is 0 Å². The van der Waals surface area contributed by atoms with Crippen molar-refractivity contribution in [3.63, 3.8) is 0 Å². The summed E-state index contributed by atoms with van der Waals surface area (Å²) in [7, 11) is 0. The van der Waals surface area contributed by atoms with Crippen LogP contribution in [-0.2, 0) is 4.79 Å². The van der Waals surface area contributed by atoms with Crippen LogP contribution in [0.5, 0.6) is 0 Å². The highest BCUT2D eigenvalue weighted by Gasteiger charge is 2.14. The number of hydrogen-bond acceptors (Lipinski definition) is 4. The molecule has 0 saturated carbocycles. The smallest absolute Gasteiger partial charge is 0.270 e. The Kier molecular flexibility index (Phi) is 4.73. The molecule has 0 saturated heterocycles. The maximum Gasteiger partial charge on any atom is 0.270 e. The second-order valence-corrected chi connectivity index (χ2v) is 4.35. The number of hydrogen-bond donors (Lipinski definition) is 3. The summed E-state index contributed by atoms with van der Waals surface area (Å²) in [5.41, 5.74) is 6.51. The van der Waals surface area contributed by atoms with Crippen LogP contribution in [0.1, 0.15) is 0 Å². The van der Waals surface area contributed by atoms with E-state index in [0.29, 0.717) is 11.4 Å². The van der Waals surface area contributed by atoms with E-state index in [1.807, 2.05) is 0 Å². The molecule has 0 aromatic heterocycles. The molecule has 0 heterocycles. The lowest BCUT2D eigenvalue weighted by Crippen LogP contribution is -2.21. The number of nitriles is 1. The van der Waals surface area contributed by atoms with Crippen LogP contribution in [0.4, 0.5) is 15.8 Å². The van der Waals surface area contributed by atoms with Crippen molar-refractivity contribution >= 4 is 17.3 Å². The molecule has 0 aliphatic rings. The molecule has 1 amide bonds. The zero-order chi connectivity index (χ0) is 15.9. The number of nitrogens with zero attached hydrogens (tertiary/aromatic N) is 1. The van der Waals surface area contributed by atoms with Crippen LogP contribution in [0, 0.1) is 17.1 Å². The largest absolute Gasteiger partial charge is 0.384 e. The molecule has 5 nitrogen and oxygen atoms in total. The van der Waals surface area contributed by atoms with Crippen molar-refractivity contribution in [2.24, 2.45) is 5.73 Å². The maximum atomic E-state index is 12.8. The lowest BCUT2D eigenvalue weighted by atomic mass is 10.2. The molecule has 2 rings (SSSR count). The van der Waals surface area contributed by atoms with E-state index in [0.717, 1.165) is 0 Å². The summed E-state index contributed by atoms with van der Waals surface area (Å²) in [6, 6.07) is 15.8. The van der Waals surface area contributed by atoms with Crippen molar-refractivity contribution in [2.45, 2.75) is 0 Å². The summed E-state index contributed by atoms with van der Waals surface area (Å²) >= 11 is 0. The highest BCUT2D eigenvalue weighted by atomic mass is 19.1. The first-order valence-electron chi connectivity index (χ1n) is 6.39. The number of nitrogens with one attached hydrogen (secondary N) is 2. The van der Waals surface area contributed by atoms with E-state index in [1.165, 1.54) is 24.3 Å². The predicted molar refractivity (Wildman–Crippen MR) is 81.9 cm³/mol. The fourth-order valence-electron chi connectivity index (χ4n) is 1.70. The number of nitrogens with two attached hydrogens (primary N) is 1. The number of halogens is 1. The molecule has 0 atom stereocenters. The molecule has 110 valence electrons. The van der Waals surface area contributed by atoms with Crippen LogP contribution in [0.25, 0.3) is 0 Å². The highest BCUT2D eigenvalue weighted by molar-refractivity contribution is 6.07. The van der Waals surface area contributed by atoms with Gasteiger partial charge in [-0.1, -0.05) is 18.2 Å². The van der Waals surface area contributed by atoms with E-state index in [4.69, 9.17) is 11.0 Å². The van der Waals surface area contributed by atoms with Gasteiger partial charge < -0.3 is 16.4 Å². The molecule has 0 spiro atoms. The molecule has 22 heavy (non-hydrogen) atoms. The Morgan fingerprint density at radius 1 is 1.00 bits per heavy atom. The minimum atomic E-state index is -0.624. The van der Waals surface area contributed by atoms with Gasteiger partial charge in [-0.05, 0) is 36.4 Å². The zero-order valence-electron chi connectivity index (χ0n) is 11.5. The topological polar surface area (TPSA) is 90.9 Å². The summed E-state index contributed by atoms with van der Waals surface area (Å²) in [6.45, 7) is 0. The standard InChI is InChI=1S/C16H13FN4O/c17-11-6-8-13(9-7-11)20-15(19)14(10-18)16(22)21-12-4-2-1-3-5-12/h1-9,20H,19H2,(H,21,22)/b15-14-. The van der Waals surface area contributed by atoms with Gasteiger partial charge in [0.25, 0.3) is 5.91 Å². The van der Waals surface area contributed by atoms with Gasteiger partial charge in [0.1, 0.15) is 17.7 Å². The Morgan fingerprint density at radius 2 is 1.59 bits per heavy atom. The Labute approximate surface area is 126 Å². The molecule has 0 fully saturated rings. The number of carbonyl (C=O) groups is 1. The van der Waals surface area contributed by atoms with Gasteiger partial charge in [0.15, 0.2) is 5.57 Å². The van der Waals surface area contributed by atoms with Crippen LogP contribution in [0.2, 0.25) is 0 Å². The highest BCUT2D eigenvalue weighted by Crippen LogP contribution is 2.12. The average Bonchev–Trinajstić information content (AvgIpc) is 2.51. The second-order valence-electron chi connectivity index (χ2n) is 4.35. The lowest BCUT2D eigenvalue weighted by molar-refractivity contribution is -0.112. The molecule has 0 radical (unpaired) electrons. The van der Waals surface area contributed by atoms with E-state index in [9.17, 15) is 9.18 Å². The average molecular weight is 296 g/mol. The van der Waals surface area contributed by atoms with Crippen molar-refractivity contribution in [1.29, 1.82) is 5.26 Å². The number of carbonyl (C=O) groups excluding carboxylic acids is 1. The summed E-state index contributed by atoms with van der Waals surface area (Å²) in [4.78, 5) is 12.1. The molecule has 0 unspecified atom stereocenters. The third kappa shape index (κ3) is 3.84. The molecular formula is C16H13FN4O. The van der Waals surface area contributed by atoms with Gasteiger partial charge in [-0.2, -0.15) is 5.26 Å². The molecular weight excluding hydrogens is 283 g/mol. The molecule has 6 heteroatoms. The number of amides is 1. The van der Waals surface area contributed by atoms with Crippen LogP contribution in [-0.4, -0.2) is 5.91 Å². The van der Waals surface area contributed by atoms with Crippen LogP contribution in [0.3, 0.4) is 0 Å².